The molecule has 0 spiro atoms. The van der Waals surface area contributed by atoms with Crippen LogP contribution in [0.1, 0.15) is 5.56 Å². The first-order chi connectivity index (χ1) is 13.8. The third-order valence-corrected chi connectivity index (χ3v) is 5.57. The Morgan fingerprint density at radius 3 is 2.14 bits per heavy atom. The largest absolute Gasteiger partial charge is 0.481 e. The molecule has 0 saturated heterocycles. The van der Waals surface area contributed by atoms with Crippen molar-refractivity contribution in [2.45, 2.75) is 11.4 Å². The fourth-order valence-corrected chi connectivity index (χ4v) is 3.89. The highest BCUT2D eigenvalue weighted by molar-refractivity contribution is 7.90. The maximum absolute atomic E-state index is 12.0. The maximum Gasteiger partial charge on any atom is 0.220 e. The van der Waals surface area contributed by atoms with Gasteiger partial charge in [0.05, 0.1) is 25.2 Å². The second-order valence-corrected chi connectivity index (χ2v) is 8.65. The van der Waals surface area contributed by atoms with Crippen LogP contribution in [0.15, 0.2) is 53.4 Å². The van der Waals surface area contributed by atoms with E-state index in [0.717, 1.165) is 11.3 Å². The number of anilines is 1. The second kappa shape index (κ2) is 8.67. The minimum atomic E-state index is -3.38. The molecular weight excluding hydrogens is 414 g/mol. The van der Waals surface area contributed by atoms with Crippen molar-refractivity contribution in [1.29, 1.82) is 0 Å². The zero-order chi connectivity index (χ0) is 21.0. The number of nitrogens with zero attached hydrogens (tertiary/aromatic N) is 2. The van der Waals surface area contributed by atoms with Crippen molar-refractivity contribution >= 4 is 27.1 Å². The van der Waals surface area contributed by atoms with Crippen LogP contribution >= 0.6 is 11.6 Å². The molecule has 1 N–H and O–H groups in total. The minimum absolute atomic E-state index is 0.214. The van der Waals surface area contributed by atoms with Gasteiger partial charge in [-0.25, -0.2) is 8.42 Å². The van der Waals surface area contributed by atoms with E-state index >= 15 is 0 Å². The molecule has 0 radical (unpaired) electrons. The highest BCUT2D eigenvalue weighted by atomic mass is 35.5. The maximum atomic E-state index is 12.0. The van der Waals surface area contributed by atoms with Crippen LogP contribution < -0.4 is 14.8 Å². The fourth-order valence-electron chi connectivity index (χ4n) is 2.70. The molecule has 0 bridgehead atoms. The van der Waals surface area contributed by atoms with Gasteiger partial charge in [-0.2, -0.15) is 9.97 Å². The lowest BCUT2D eigenvalue weighted by molar-refractivity contribution is 0.372. The molecule has 7 nitrogen and oxygen atoms in total. The first kappa shape index (κ1) is 20.9. The topological polar surface area (TPSA) is 90.4 Å². The monoisotopic (exact) mass is 433 g/mol. The van der Waals surface area contributed by atoms with Crippen molar-refractivity contribution in [2.24, 2.45) is 0 Å². The SMILES string of the molecule is COc1cc(OC)nc(-c2ccc(NCc3ccc(Cl)cc3S(C)(=O)=O)cc2)n1. The first-order valence-corrected chi connectivity index (χ1v) is 10.9. The van der Waals surface area contributed by atoms with E-state index in [0.29, 0.717) is 34.7 Å². The van der Waals surface area contributed by atoms with Gasteiger partial charge in [-0.15, -0.1) is 0 Å². The number of sulfone groups is 1. The Morgan fingerprint density at radius 1 is 0.966 bits per heavy atom. The van der Waals surface area contributed by atoms with Crippen LogP contribution in [0.2, 0.25) is 5.02 Å². The smallest absolute Gasteiger partial charge is 0.220 e. The predicted molar refractivity (Wildman–Crippen MR) is 112 cm³/mol. The van der Waals surface area contributed by atoms with Gasteiger partial charge >= 0.3 is 0 Å². The van der Waals surface area contributed by atoms with E-state index in [-0.39, 0.29) is 4.90 Å². The van der Waals surface area contributed by atoms with Gasteiger partial charge in [0.15, 0.2) is 15.7 Å². The predicted octanol–water partition coefficient (Wildman–Crippen LogP) is 3.83. The van der Waals surface area contributed by atoms with Gasteiger partial charge in [-0.05, 0) is 42.0 Å². The zero-order valence-electron chi connectivity index (χ0n) is 16.1. The van der Waals surface area contributed by atoms with Gasteiger partial charge in [0, 0.05) is 29.1 Å². The number of benzene rings is 2. The molecular formula is C20H20ClN3O4S. The van der Waals surface area contributed by atoms with E-state index in [4.69, 9.17) is 21.1 Å². The van der Waals surface area contributed by atoms with E-state index < -0.39 is 9.84 Å². The third kappa shape index (κ3) is 5.16. The van der Waals surface area contributed by atoms with E-state index in [9.17, 15) is 8.42 Å². The van der Waals surface area contributed by atoms with Crippen molar-refractivity contribution < 1.29 is 17.9 Å². The molecule has 0 aliphatic heterocycles. The van der Waals surface area contributed by atoms with Crippen molar-refractivity contribution in [1.82, 2.24) is 9.97 Å². The van der Waals surface area contributed by atoms with E-state index in [1.54, 1.807) is 18.2 Å². The molecule has 1 aromatic heterocycles. The summed E-state index contributed by atoms with van der Waals surface area (Å²) in [5.74, 6) is 1.29. The Hall–Kier alpha value is -2.84. The summed E-state index contributed by atoms with van der Waals surface area (Å²) in [4.78, 5) is 8.87. The summed E-state index contributed by atoms with van der Waals surface area (Å²) in [6, 6.07) is 13.9. The van der Waals surface area contributed by atoms with Crippen LogP contribution in [0.3, 0.4) is 0 Å². The van der Waals surface area contributed by atoms with Gasteiger partial charge in [-0.3, -0.25) is 0 Å². The van der Waals surface area contributed by atoms with E-state index in [1.807, 2.05) is 24.3 Å². The average molecular weight is 434 g/mol. The average Bonchev–Trinajstić information content (AvgIpc) is 2.72. The molecule has 2 aromatic carbocycles. The Balaban J connectivity index is 1.79. The number of hydrogen-bond acceptors (Lipinski definition) is 7. The molecule has 1 heterocycles. The third-order valence-electron chi connectivity index (χ3n) is 4.15. The van der Waals surface area contributed by atoms with E-state index in [2.05, 4.69) is 15.3 Å². The van der Waals surface area contributed by atoms with E-state index in [1.165, 1.54) is 26.5 Å². The summed E-state index contributed by atoms with van der Waals surface area (Å²) in [7, 11) is -0.325. The van der Waals surface area contributed by atoms with Gasteiger partial charge in [-0.1, -0.05) is 17.7 Å². The lowest BCUT2D eigenvalue weighted by Crippen LogP contribution is -2.07. The molecule has 0 aliphatic rings. The number of halogens is 1. The lowest BCUT2D eigenvalue weighted by Gasteiger charge is -2.12. The Bertz CT molecular complexity index is 1100. The number of rotatable bonds is 7. The number of ether oxygens (including phenoxy) is 2. The molecule has 0 atom stereocenters. The Labute approximate surface area is 174 Å². The van der Waals surface area contributed by atoms with Gasteiger partial charge in [0.1, 0.15) is 0 Å². The minimum Gasteiger partial charge on any atom is -0.481 e. The normalized spacial score (nSPS) is 11.2. The zero-order valence-corrected chi connectivity index (χ0v) is 17.7. The molecule has 0 saturated carbocycles. The van der Waals surface area contributed by atoms with Crippen LogP contribution in [-0.4, -0.2) is 38.9 Å². The summed E-state index contributed by atoms with van der Waals surface area (Å²) in [6.07, 6.45) is 1.17. The first-order valence-electron chi connectivity index (χ1n) is 8.60. The van der Waals surface area contributed by atoms with Gasteiger partial charge in [0.25, 0.3) is 0 Å². The number of methoxy groups -OCH3 is 2. The standard InChI is InChI=1S/C20H20ClN3O4S/c1-27-18-11-19(28-2)24-20(23-18)13-5-8-16(9-6-13)22-12-14-4-7-15(21)10-17(14)29(3,25)26/h4-11,22H,12H2,1-3H3. The van der Waals surface area contributed by atoms with Crippen LogP contribution in [-0.2, 0) is 16.4 Å². The summed E-state index contributed by atoms with van der Waals surface area (Å²) in [5, 5.41) is 3.60. The van der Waals surface area contributed by atoms with Crippen LogP contribution in [0.5, 0.6) is 11.8 Å². The molecule has 0 fully saturated rings. The molecule has 0 aliphatic carbocycles. The molecule has 0 unspecified atom stereocenters. The number of aromatic nitrogens is 2. The molecule has 3 aromatic rings. The summed E-state index contributed by atoms with van der Waals surface area (Å²) < 4.78 is 34.4. The quantitative estimate of drug-likeness (QED) is 0.605. The second-order valence-electron chi connectivity index (χ2n) is 6.23. The lowest BCUT2D eigenvalue weighted by atomic mass is 10.1. The fraction of sp³-hybridized carbons (Fsp3) is 0.200. The van der Waals surface area contributed by atoms with Gasteiger partial charge < -0.3 is 14.8 Å². The molecule has 3 rings (SSSR count). The Morgan fingerprint density at radius 2 is 1.59 bits per heavy atom. The molecule has 0 amide bonds. The highest BCUT2D eigenvalue weighted by Gasteiger charge is 2.14. The summed E-state index contributed by atoms with van der Waals surface area (Å²) in [5.41, 5.74) is 2.25. The molecule has 9 heteroatoms. The summed E-state index contributed by atoms with van der Waals surface area (Å²) >= 11 is 5.94. The van der Waals surface area contributed by atoms with Crippen molar-refractivity contribution in [3.05, 3.63) is 59.1 Å². The molecule has 29 heavy (non-hydrogen) atoms. The van der Waals surface area contributed by atoms with Gasteiger partial charge in [0.2, 0.25) is 11.8 Å². The molecule has 152 valence electrons. The van der Waals surface area contributed by atoms with Crippen molar-refractivity contribution in [2.75, 3.05) is 25.8 Å². The van der Waals surface area contributed by atoms with Crippen LogP contribution in [0.4, 0.5) is 5.69 Å². The summed E-state index contributed by atoms with van der Waals surface area (Å²) in [6.45, 7) is 0.336. The van der Waals surface area contributed by atoms with Crippen LogP contribution in [0, 0.1) is 0 Å². The Kier molecular flexibility index (Phi) is 6.24. The highest BCUT2D eigenvalue weighted by Crippen LogP contribution is 2.25. The van der Waals surface area contributed by atoms with Crippen molar-refractivity contribution in [3.8, 4) is 23.1 Å². The van der Waals surface area contributed by atoms with Crippen molar-refractivity contribution in [3.63, 3.8) is 0 Å². The number of hydrogen-bond donors (Lipinski definition) is 1. The van der Waals surface area contributed by atoms with Crippen LogP contribution in [0.25, 0.3) is 11.4 Å². The number of nitrogens with one attached hydrogen (secondary N) is 1.